The van der Waals surface area contributed by atoms with Crippen LogP contribution in [0.5, 0.6) is 0 Å². The Kier molecular flexibility index (Phi) is 7.12. The SMILES string of the molecule is CC(C)(C)[Si](C)(C)O[C@@H]1[C@@H]2O[P@](=O)(NCc3ccccc3)OC[C@H]2O[C@H]1n1c(Br)nc2c(N)ncnc21. The van der Waals surface area contributed by atoms with Gasteiger partial charge in [-0.3, -0.25) is 13.6 Å². The van der Waals surface area contributed by atoms with E-state index in [4.69, 9.17) is 23.9 Å². The number of ether oxygens (including phenoxy) is 1. The molecular formula is C23H32BrN6O5PSi. The lowest BCUT2D eigenvalue weighted by Crippen LogP contribution is -2.50. The van der Waals surface area contributed by atoms with Gasteiger partial charge in [0.05, 0.1) is 6.61 Å². The average molecular weight is 612 g/mol. The molecule has 0 amide bonds. The Morgan fingerprint density at radius 3 is 2.70 bits per heavy atom. The molecule has 14 heteroatoms. The number of rotatable bonds is 6. The number of nitrogens with one attached hydrogen (secondary N) is 1. The van der Waals surface area contributed by atoms with Crippen LogP contribution in [0.3, 0.4) is 0 Å². The predicted molar refractivity (Wildman–Crippen MR) is 145 cm³/mol. The number of hydrogen-bond acceptors (Lipinski definition) is 9. The van der Waals surface area contributed by atoms with E-state index in [1.165, 1.54) is 6.33 Å². The number of nitrogens with two attached hydrogens (primary N) is 1. The molecule has 2 aliphatic rings. The van der Waals surface area contributed by atoms with Gasteiger partial charge in [0.25, 0.3) is 0 Å². The number of aromatic nitrogens is 4. The molecule has 0 radical (unpaired) electrons. The van der Waals surface area contributed by atoms with Crippen molar-refractivity contribution in [1.29, 1.82) is 0 Å². The molecule has 0 spiro atoms. The van der Waals surface area contributed by atoms with Gasteiger partial charge in [-0.25, -0.2) is 24.6 Å². The minimum absolute atomic E-state index is 0.0823. The number of fused-ring (bicyclic) bond motifs is 2. The van der Waals surface area contributed by atoms with E-state index in [0.717, 1.165) is 5.56 Å². The molecule has 37 heavy (non-hydrogen) atoms. The summed E-state index contributed by atoms with van der Waals surface area (Å²) in [4.78, 5) is 13.0. The van der Waals surface area contributed by atoms with Gasteiger partial charge >= 0.3 is 7.75 Å². The summed E-state index contributed by atoms with van der Waals surface area (Å²) in [5.41, 5.74) is 7.98. The summed E-state index contributed by atoms with van der Waals surface area (Å²) in [5.74, 6) is 0.260. The first-order valence-corrected chi connectivity index (χ1v) is 17.3. The Labute approximate surface area is 225 Å². The van der Waals surface area contributed by atoms with E-state index in [1.54, 1.807) is 4.57 Å². The second-order valence-corrected chi connectivity index (χ2v) is 18.0. The summed E-state index contributed by atoms with van der Waals surface area (Å²) in [5, 5.41) is 2.90. The smallest absolute Gasteiger partial charge is 0.406 e. The molecule has 0 saturated carbocycles. The van der Waals surface area contributed by atoms with Crippen molar-refractivity contribution in [3.8, 4) is 0 Å². The highest BCUT2D eigenvalue weighted by Crippen LogP contribution is 2.55. The Morgan fingerprint density at radius 2 is 2.00 bits per heavy atom. The monoisotopic (exact) mass is 610 g/mol. The molecule has 2 saturated heterocycles. The lowest BCUT2D eigenvalue weighted by atomic mass is 10.1. The van der Waals surface area contributed by atoms with Gasteiger partial charge in [-0.2, -0.15) is 0 Å². The minimum Gasteiger partial charge on any atom is -0.407 e. The molecule has 0 unspecified atom stereocenters. The summed E-state index contributed by atoms with van der Waals surface area (Å²) in [6.07, 6.45) is -1.06. The molecular weight excluding hydrogens is 579 g/mol. The highest BCUT2D eigenvalue weighted by molar-refractivity contribution is 9.10. The van der Waals surface area contributed by atoms with Crippen molar-refractivity contribution >= 4 is 49.0 Å². The van der Waals surface area contributed by atoms with Gasteiger partial charge < -0.3 is 14.9 Å². The zero-order valence-corrected chi connectivity index (χ0v) is 24.9. The maximum absolute atomic E-state index is 13.7. The van der Waals surface area contributed by atoms with Crippen LogP contribution in [-0.4, -0.2) is 52.8 Å². The first kappa shape index (κ1) is 26.9. The fraction of sp³-hybridized carbons (Fsp3) is 0.522. The van der Waals surface area contributed by atoms with Crippen molar-refractivity contribution in [2.24, 2.45) is 0 Å². The summed E-state index contributed by atoms with van der Waals surface area (Å²) < 4.78 is 41.2. The Hall–Kier alpha value is -1.70. The van der Waals surface area contributed by atoms with Crippen molar-refractivity contribution in [3.05, 3.63) is 47.0 Å². The van der Waals surface area contributed by atoms with Gasteiger partial charge in [0, 0.05) is 6.54 Å². The molecule has 5 rings (SSSR count). The summed E-state index contributed by atoms with van der Waals surface area (Å²) in [7, 11) is -5.97. The molecule has 0 bridgehead atoms. The Balaban J connectivity index is 1.49. The van der Waals surface area contributed by atoms with Crippen molar-refractivity contribution in [2.75, 3.05) is 12.3 Å². The van der Waals surface area contributed by atoms with Gasteiger partial charge in [0.15, 0.2) is 36.3 Å². The van der Waals surface area contributed by atoms with Crippen molar-refractivity contribution in [2.45, 2.75) is 70.0 Å². The number of anilines is 1. The van der Waals surface area contributed by atoms with Gasteiger partial charge in [-0.15, -0.1) is 0 Å². The number of halogens is 1. The Morgan fingerprint density at radius 1 is 1.27 bits per heavy atom. The molecule has 3 aromatic rings. The maximum Gasteiger partial charge on any atom is 0.406 e. The van der Waals surface area contributed by atoms with Crippen LogP contribution in [0.25, 0.3) is 11.2 Å². The van der Waals surface area contributed by atoms with Crippen LogP contribution < -0.4 is 10.8 Å². The van der Waals surface area contributed by atoms with Crippen LogP contribution in [-0.2, 0) is 29.3 Å². The zero-order valence-electron chi connectivity index (χ0n) is 21.4. The maximum atomic E-state index is 13.7. The third-order valence-electron chi connectivity index (χ3n) is 7.23. The number of nitrogen functional groups attached to an aromatic ring is 1. The fourth-order valence-corrected chi connectivity index (χ4v) is 7.53. The second-order valence-electron chi connectivity index (χ2n) is 10.8. The highest BCUT2D eigenvalue weighted by atomic mass is 79.9. The van der Waals surface area contributed by atoms with E-state index in [9.17, 15) is 4.57 Å². The molecule has 1 aromatic carbocycles. The Bertz CT molecular complexity index is 1340. The van der Waals surface area contributed by atoms with Crippen molar-refractivity contribution < 1.29 is 22.8 Å². The van der Waals surface area contributed by atoms with Crippen molar-refractivity contribution in [1.82, 2.24) is 24.6 Å². The standard InChI is InChI=1S/C23H32BrN6O5PSi/c1-23(2,3)37(4,5)35-18-17-15(12-32-36(31,34-17)28-11-14-9-7-6-8-10-14)33-21(18)30-20-16(29-22(30)24)19(25)26-13-27-20/h6-10,13,15,17-18,21H,11-12H2,1-5H3,(H,28,31)(H2,25,26,27)/t15-,17-,18-,21-,36+/m1/s1. The summed E-state index contributed by atoms with van der Waals surface area (Å²) in [6, 6.07) is 9.67. The third kappa shape index (κ3) is 5.16. The fourth-order valence-electron chi connectivity index (χ4n) is 4.17. The van der Waals surface area contributed by atoms with Gasteiger partial charge in [-0.1, -0.05) is 51.1 Å². The van der Waals surface area contributed by atoms with Crippen LogP contribution in [0, 0.1) is 0 Å². The molecule has 3 N–H and O–H groups in total. The van der Waals surface area contributed by atoms with Gasteiger partial charge in [-0.05, 0) is 39.6 Å². The van der Waals surface area contributed by atoms with Crippen LogP contribution in [0.4, 0.5) is 5.82 Å². The molecule has 2 aliphatic heterocycles. The number of benzene rings is 1. The van der Waals surface area contributed by atoms with Crippen LogP contribution in [0.1, 0.15) is 32.6 Å². The molecule has 200 valence electrons. The second kappa shape index (κ2) is 9.80. The largest absolute Gasteiger partial charge is 0.407 e. The molecule has 4 heterocycles. The molecule has 0 aliphatic carbocycles. The third-order valence-corrected chi connectivity index (χ3v) is 13.8. The van der Waals surface area contributed by atoms with Crippen molar-refractivity contribution in [3.63, 3.8) is 0 Å². The number of hydrogen-bond donors (Lipinski definition) is 2. The van der Waals surface area contributed by atoms with Crippen LogP contribution >= 0.6 is 23.7 Å². The first-order chi connectivity index (χ1) is 17.4. The van der Waals surface area contributed by atoms with Gasteiger partial charge in [0.2, 0.25) is 0 Å². The van der Waals surface area contributed by atoms with E-state index < -0.39 is 40.6 Å². The highest BCUT2D eigenvalue weighted by Gasteiger charge is 2.56. The van der Waals surface area contributed by atoms with E-state index >= 15 is 0 Å². The average Bonchev–Trinajstić information content (AvgIpc) is 3.34. The zero-order chi connectivity index (χ0) is 26.6. The van der Waals surface area contributed by atoms with E-state index in [2.05, 4.69) is 69.8 Å². The number of imidazole rings is 1. The number of nitrogens with zero attached hydrogens (tertiary/aromatic N) is 4. The van der Waals surface area contributed by atoms with Gasteiger partial charge in [0.1, 0.15) is 24.6 Å². The lowest BCUT2D eigenvalue weighted by Gasteiger charge is -2.41. The van der Waals surface area contributed by atoms with Crippen LogP contribution in [0.15, 0.2) is 41.4 Å². The lowest BCUT2D eigenvalue weighted by molar-refractivity contribution is -0.0600. The molecule has 2 aromatic heterocycles. The normalized spacial score (nSPS) is 28.5. The summed E-state index contributed by atoms with van der Waals surface area (Å²) in [6.45, 7) is 11.2. The molecule has 5 atom stereocenters. The quantitative estimate of drug-likeness (QED) is 0.228. The molecule has 2 fully saturated rings. The van der Waals surface area contributed by atoms with Crippen LogP contribution in [0.2, 0.25) is 18.1 Å². The predicted octanol–water partition coefficient (Wildman–Crippen LogP) is 4.77. The first-order valence-electron chi connectivity index (χ1n) is 12.1. The summed E-state index contributed by atoms with van der Waals surface area (Å²) >= 11 is 3.54. The van der Waals surface area contributed by atoms with E-state index in [0.29, 0.717) is 22.4 Å². The topological polar surface area (TPSA) is 136 Å². The minimum atomic E-state index is -3.64. The van der Waals surface area contributed by atoms with E-state index in [-0.39, 0.29) is 17.5 Å². The molecule has 11 nitrogen and oxygen atoms in total. The van der Waals surface area contributed by atoms with E-state index in [1.807, 2.05) is 30.3 Å².